The fraction of sp³-hybridized carbons (Fsp3) is 0.0909. The normalized spacial score (nSPS) is 11.5. The Morgan fingerprint density at radius 1 is 0.731 bits per heavy atom. The fourth-order valence-electron chi connectivity index (χ4n) is 2.48. The van der Waals surface area contributed by atoms with E-state index in [1.54, 1.807) is 36.4 Å². The maximum absolute atomic E-state index is 12.9. The monoisotopic (exact) mass is 361 g/mol. The van der Waals surface area contributed by atoms with E-state index >= 15 is 0 Å². The van der Waals surface area contributed by atoms with E-state index in [0.29, 0.717) is 16.9 Å². The smallest absolute Gasteiger partial charge is 0.252 e. The third-order valence-electron chi connectivity index (χ3n) is 3.85. The first-order valence-electron chi connectivity index (χ1n) is 8.35. The van der Waals surface area contributed by atoms with Gasteiger partial charge in [-0.15, -0.1) is 11.8 Å². The van der Waals surface area contributed by atoms with Crippen LogP contribution in [0.25, 0.3) is 0 Å². The molecule has 0 saturated heterocycles. The van der Waals surface area contributed by atoms with Crippen molar-refractivity contribution in [2.45, 2.75) is 11.1 Å². The Hall–Kier alpha value is -2.85. The second-order valence-electron chi connectivity index (χ2n) is 5.75. The highest BCUT2D eigenvalue weighted by molar-refractivity contribution is 7.99. The molecule has 26 heavy (non-hydrogen) atoms. The molecule has 1 atom stereocenters. The molecule has 3 aromatic carbocycles. The molecule has 3 aromatic rings. The quantitative estimate of drug-likeness (QED) is 0.496. The van der Waals surface area contributed by atoms with Crippen molar-refractivity contribution in [3.63, 3.8) is 0 Å². The summed E-state index contributed by atoms with van der Waals surface area (Å²) in [6.45, 7) is 0. The zero-order valence-corrected chi connectivity index (χ0v) is 15.0. The van der Waals surface area contributed by atoms with Crippen molar-refractivity contribution in [3.8, 4) is 0 Å². The lowest BCUT2D eigenvalue weighted by atomic mass is 10.1. The zero-order valence-electron chi connectivity index (χ0n) is 14.2. The molecule has 0 aliphatic rings. The average Bonchev–Trinajstić information content (AvgIpc) is 2.72. The number of carbonyl (C=O) groups excluding carboxylic acids is 2. The van der Waals surface area contributed by atoms with E-state index in [1.807, 2.05) is 54.6 Å². The molecule has 0 radical (unpaired) electrons. The lowest BCUT2D eigenvalue weighted by Gasteiger charge is -2.17. The van der Waals surface area contributed by atoms with Gasteiger partial charge in [0.15, 0.2) is 5.78 Å². The maximum atomic E-state index is 12.9. The highest BCUT2D eigenvalue weighted by Gasteiger charge is 2.23. The van der Waals surface area contributed by atoms with Crippen molar-refractivity contribution in [2.24, 2.45) is 0 Å². The summed E-state index contributed by atoms with van der Waals surface area (Å²) >= 11 is 1.42. The fourth-order valence-corrected chi connectivity index (χ4v) is 3.51. The molecule has 0 saturated carbocycles. The van der Waals surface area contributed by atoms with Crippen LogP contribution in [0.15, 0.2) is 91.0 Å². The van der Waals surface area contributed by atoms with Crippen LogP contribution in [-0.4, -0.2) is 17.1 Å². The molecule has 0 aliphatic carbocycles. The van der Waals surface area contributed by atoms with Crippen LogP contribution < -0.4 is 5.32 Å². The third kappa shape index (κ3) is 4.83. The molecular weight excluding hydrogens is 342 g/mol. The molecular formula is C22H19NO2S. The molecule has 4 heteroatoms. The van der Waals surface area contributed by atoms with Gasteiger partial charge >= 0.3 is 0 Å². The number of carbonyl (C=O) groups is 2. The van der Waals surface area contributed by atoms with Gasteiger partial charge in [-0.3, -0.25) is 9.59 Å². The summed E-state index contributed by atoms with van der Waals surface area (Å²) in [4.78, 5) is 25.4. The van der Waals surface area contributed by atoms with Crippen molar-refractivity contribution in [3.05, 3.63) is 108 Å². The topological polar surface area (TPSA) is 46.2 Å². The SMILES string of the molecule is O=C(NC(SCc1ccccc1)C(=O)c1ccccc1)c1ccccc1. The van der Waals surface area contributed by atoms with Crippen LogP contribution in [0.4, 0.5) is 0 Å². The van der Waals surface area contributed by atoms with Gasteiger partial charge < -0.3 is 5.32 Å². The Balaban J connectivity index is 1.76. The number of nitrogens with one attached hydrogen (secondary N) is 1. The Morgan fingerprint density at radius 2 is 1.23 bits per heavy atom. The summed E-state index contributed by atoms with van der Waals surface area (Å²) in [5.74, 6) is 0.287. The Labute approximate surface area is 157 Å². The third-order valence-corrected chi connectivity index (χ3v) is 5.02. The minimum Gasteiger partial charge on any atom is -0.333 e. The Morgan fingerprint density at radius 3 is 1.81 bits per heavy atom. The summed E-state index contributed by atoms with van der Waals surface area (Å²) < 4.78 is 0. The van der Waals surface area contributed by atoms with E-state index < -0.39 is 5.37 Å². The van der Waals surface area contributed by atoms with Gasteiger partial charge in [-0.25, -0.2) is 0 Å². The van der Waals surface area contributed by atoms with Gasteiger partial charge in [-0.05, 0) is 17.7 Å². The largest absolute Gasteiger partial charge is 0.333 e. The number of Topliss-reactive ketones (excluding diaryl/α,β-unsaturated/α-hetero) is 1. The Bertz CT molecular complexity index is 851. The highest BCUT2D eigenvalue weighted by atomic mass is 32.2. The number of amides is 1. The summed E-state index contributed by atoms with van der Waals surface area (Å²) in [7, 11) is 0. The van der Waals surface area contributed by atoms with Crippen molar-refractivity contribution < 1.29 is 9.59 Å². The minimum absolute atomic E-state index is 0.101. The first-order valence-corrected chi connectivity index (χ1v) is 9.39. The minimum atomic E-state index is -0.648. The molecule has 1 N–H and O–H groups in total. The average molecular weight is 361 g/mol. The first kappa shape index (κ1) is 18.0. The van der Waals surface area contributed by atoms with Crippen LogP contribution in [0.1, 0.15) is 26.3 Å². The summed E-state index contributed by atoms with van der Waals surface area (Å²) in [6.07, 6.45) is 0. The van der Waals surface area contributed by atoms with Gasteiger partial charge in [0.1, 0.15) is 5.37 Å². The highest BCUT2D eigenvalue weighted by Crippen LogP contribution is 2.20. The lowest BCUT2D eigenvalue weighted by Crippen LogP contribution is -2.38. The van der Waals surface area contributed by atoms with Crippen molar-refractivity contribution in [1.82, 2.24) is 5.32 Å². The molecule has 0 bridgehead atoms. The number of benzene rings is 3. The number of hydrogen-bond acceptors (Lipinski definition) is 3. The standard InChI is InChI=1S/C22H19NO2S/c24-20(18-12-6-2-7-13-18)22(26-16-17-10-4-1-5-11-17)23-21(25)19-14-8-3-9-15-19/h1-15,22H,16H2,(H,23,25). The van der Waals surface area contributed by atoms with Gasteiger partial charge in [0.05, 0.1) is 0 Å². The predicted octanol–water partition coefficient (Wildman–Crippen LogP) is 4.56. The van der Waals surface area contributed by atoms with E-state index in [-0.39, 0.29) is 11.7 Å². The second-order valence-corrected chi connectivity index (χ2v) is 6.84. The number of rotatable bonds is 7. The van der Waals surface area contributed by atoms with Gasteiger partial charge in [-0.2, -0.15) is 0 Å². The van der Waals surface area contributed by atoms with E-state index in [2.05, 4.69) is 5.32 Å². The van der Waals surface area contributed by atoms with Gasteiger partial charge in [-0.1, -0.05) is 78.9 Å². The molecule has 0 heterocycles. The van der Waals surface area contributed by atoms with Crippen LogP contribution in [0.5, 0.6) is 0 Å². The van der Waals surface area contributed by atoms with Crippen molar-refractivity contribution in [2.75, 3.05) is 0 Å². The van der Waals surface area contributed by atoms with E-state index in [9.17, 15) is 9.59 Å². The molecule has 1 unspecified atom stereocenters. The summed E-state index contributed by atoms with van der Waals surface area (Å²) in [5, 5.41) is 2.23. The molecule has 130 valence electrons. The number of ketones is 1. The summed E-state index contributed by atoms with van der Waals surface area (Å²) in [6, 6.07) is 27.9. The lowest BCUT2D eigenvalue weighted by molar-refractivity contribution is 0.0892. The van der Waals surface area contributed by atoms with Crippen LogP contribution in [0.3, 0.4) is 0 Å². The summed E-state index contributed by atoms with van der Waals surface area (Å²) in [5.41, 5.74) is 2.24. The molecule has 0 spiro atoms. The maximum Gasteiger partial charge on any atom is 0.252 e. The number of hydrogen-bond donors (Lipinski definition) is 1. The molecule has 0 aliphatic heterocycles. The molecule has 0 aromatic heterocycles. The molecule has 0 fully saturated rings. The van der Waals surface area contributed by atoms with E-state index in [0.717, 1.165) is 5.56 Å². The van der Waals surface area contributed by atoms with Gasteiger partial charge in [0.25, 0.3) is 5.91 Å². The molecule has 3 nitrogen and oxygen atoms in total. The molecule has 1 amide bonds. The number of thioether (sulfide) groups is 1. The Kier molecular flexibility index (Phi) is 6.23. The predicted molar refractivity (Wildman–Crippen MR) is 106 cm³/mol. The second kappa shape index (κ2) is 9.02. The van der Waals surface area contributed by atoms with Gasteiger partial charge in [0.2, 0.25) is 0 Å². The van der Waals surface area contributed by atoms with Crippen LogP contribution in [-0.2, 0) is 5.75 Å². The van der Waals surface area contributed by atoms with Crippen molar-refractivity contribution >= 4 is 23.5 Å². The molecule has 3 rings (SSSR count). The van der Waals surface area contributed by atoms with Crippen molar-refractivity contribution in [1.29, 1.82) is 0 Å². The zero-order chi connectivity index (χ0) is 18.2. The van der Waals surface area contributed by atoms with Crippen LogP contribution in [0, 0.1) is 0 Å². The van der Waals surface area contributed by atoms with E-state index in [4.69, 9.17) is 0 Å². The van der Waals surface area contributed by atoms with E-state index in [1.165, 1.54) is 11.8 Å². The van der Waals surface area contributed by atoms with Gasteiger partial charge in [0, 0.05) is 16.9 Å². The van der Waals surface area contributed by atoms with Crippen LogP contribution in [0.2, 0.25) is 0 Å². The first-order chi connectivity index (χ1) is 12.7. The van der Waals surface area contributed by atoms with Crippen LogP contribution >= 0.6 is 11.8 Å².